The molecule has 88 valence electrons. The largest absolute Gasteiger partial charge is 0.391 e. The van der Waals surface area contributed by atoms with Crippen LogP contribution in [0.5, 0.6) is 0 Å². The third kappa shape index (κ3) is 3.41. The molecule has 0 bridgehead atoms. The molecule has 0 fully saturated rings. The lowest BCUT2D eigenvalue weighted by molar-refractivity contribution is 0.647. The fraction of sp³-hybridized carbons (Fsp3) is 0.467. The van der Waals surface area contributed by atoms with Crippen LogP contribution >= 0.6 is 0 Å². The number of benzene rings is 1. The minimum atomic E-state index is 0.373. The van der Waals surface area contributed by atoms with Gasteiger partial charge in [-0.2, -0.15) is 0 Å². The van der Waals surface area contributed by atoms with Gasteiger partial charge in [-0.15, -0.1) is 0 Å². The van der Waals surface area contributed by atoms with E-state index in [-0.39, 0.29) is 0 Å². The lowest BCUT2D eigenvalue weighted by atomic mass is 9.95. The van der Waals surface area contributed by atoms with E-state index in [1.807, 2.05) is 7.05 Å². The summed E-state index contributed by atoms with van der Waals surface area (Å²) in [6.45, 7) is 10.7. The number of rotatable bonds is 5. The summed E-state index contributed by atoms with van der Waals surface area (Å²) in [5, 5.41) is 3.12. The van der Waals surface area contributed by atoms with Gasteiger partial charge in [0.1, 0.15) is 0 Å². The minimum Gasteiger partial charge on any atom is -0.391 e. The molecule has 0 aliphatic carbocycles. The van der Waals surface area contributed by atoms with Crippen LogP contribution in [-0.2, 0) is 6.42 Å². The molecule has 0 saturated carbocycles. The van der Waals surface area contributed by atoms with E-state index in [4.69, 9.17) is 0 Å². The predicted molar refractivity (Wildman–Crippen MR) is 71.6 cm³/mol. The molecule has 1 rings (SSSR count). The number of hydrogen-bond donors (Lipinski definition) is 1. The van der Waals surface area contributed by atoms with Gasteiger partial charge < -0.3 is 5.32 Å². The SMILES string of the molecule is C=C(NC)C(C)c1ccc(CC(C)C)cc1. The van der Waals surface area contributed by atoms with E-state index in [0.29, 0.717) is 5.92 Å². The Morgan fingerprint density at radius 3 is 2.19 bits per heavy atom. The highest BCUT2D eigenvalue weighted by Crippen LogP contribution is 2.21. The van der Waals surface area contributed by atoms with Crippen LogP contribution in [0.25, 0.3) is 0 Å². The van der Waals surface area contributed by atoms with Crippen LogP contribution in [0.1, 0.15) is 37.8 Å². The number of nitrogens with one attached hydrogen (secondary N) is 1. The molecule has 0 radical (unpaired) electrons. The van der Waals surface area contributed by atoms with Gasteiger partial charge in [-0.25, -0.2) is 0 Å². The second-order valence-corrected chi connectivity index (χ2v) is 4.84. The first-order chi connectivity index (χ1) is 7.54. The molecule has 1 aromatic carbocycles. The highest BCUT2D eigenvalue weighted by atomic mass is 14.8. The Labute approximate surface area is 99.6 Å². The second kappa shape index (κ2) is 5.74. The van der Waals surface area contributed by atoms with Crippen molar-refractivity contribution in [3.63, 3.8) is 0 Å². The maximum absolute atomic E-state index is 4.01. The van der Waals surface area contributed by atoms with Gasteiger partial charge in [0.2, 0.25) is 0 Å². The normalized spacial score (nSPS) is 12.6. The van der Waals surface area contributed by atoms with E-state index in [1.54, 1.807) is 0 Å². The van der Waals surface area contributed by atoms with Crippen LogP contribution in [-0.4, -0.2) is 7.05 Å². The van der Waals surface area contributed by atoms with E-state index in [0.717, 1.165) is 18.0 Å². The molecule has 0 amide bonds. The van der Waals surface area contributed by atoms with Crippen molar-refractivity contribution in [2.75, 3.05) is 7.05 Å². The van der Waals surface area contributed by atoms with Crippen LogP contribution < -0.4 is 5.32 Å². The molecule has 1 aromatic rings. The molecular formula is C15H23N. The van der Waals surface area contributed by atoms with Gasteiger partial charge in [0, 0.05) is 18.7 Å². The van der Waals surface area contributed by atoms with Crippen molar-refractivity contribution in [1.82, 2.24) is 5.32 Å². The smallest absolute Gasteiger partial charge is 0.0203 e. The summed E-state index contributed by atoms with van der Waals surface area (Å²) in [4.78, 5) is 0. The van der Waals surface area contributed by atoms with E-state index < -0.39 is 0 Å². The molecular weight excluding hydrogens is 194 g/mol. The molecule has 0 aromatic heterocycles. The maximum Gasteiger partial charge on any atom is 0.0203 e. The molecule has 1 nitrogen and oxygen atoms in total. The standard InChI is InChI=1S/C15H23N/c1-11(2)10-14-6-8-15(9-7-14)12(3)13(4)16-5/h6-9,11-12,16H,4,10H2,1-3,5H3. The van der Waals surface area contributed by atoms with E-state index in [1.165, 1.54) is 11.1 Å². The third-order valence-corrected chi connectivity index (χ3v) is 2.97. The summed E-state index contributed by atoms with van der Waals surface area (Å²) in [6.07, 6.45) is 1.15. The molecule has 0 heterocycles. The lowest BCUT2D eigenvalue weighted by Crippen LogP contribution is -2.11. The Morgan fingerprint density at radius 1 is 1.19 bits per heavy atom. The van der Waals surface area contributed by atoms with Crippen LogP contribution in [0.2, 0.25) is 0 Å². The third-order valence-electron chi connectivity index (χ3n) is 2.97. The van der Waals surface area contributed by atoms with E-state index in [9.17, 15) is 0 Å². The lowest BCUT2D eigenvalue weighted by Gasteiger charge is -2.15. The molecule has 16 heavy (non-hydrogen) atoms. The highest BCUT2D eigenvalue weighted by Gasteiger charge is 2.08. The zero-order valence-corrected chi connectivity index (χ0v) is 10.9. The number of hydrogen-bond acceptors (Lipinski definition) is 1. The topological polar surface area (TPSA) is 12.0 Å². The molecule has 1 atom stereocenters. The van der Waals surface area contributed by atoms with Gasteiger partial charge in [0.15, 0.2) is 0 Å². The Morgan fingerprint density at radius 2 is 1.75 bits per heavy atom. The molecule has 1 heteroatoms. The van der Waals surface area contributed by atoms with Gasteiger partial charge in [0.25, 0.3) is 0 Å². The van der Waals surface area contributed by atoms with Crippen molar-refractivity contribution in [1.29, 1.82) is 0 Å². The Hall–Kier alpha value is -1.24. The van der Waals surface area contributed by atoms with Crippen LogP contribution in [0.3, 0.4) is 0 Å². The predicted octanol–water partition coefficient (Wildman–Crippen LogP) is 3.72. The number of allylic oxidation sites excluding steroid dienone is 1. The highest BCUT2D eigenvalue weighted by molar-refractivity contribution is 5.29. The van der Waals surface area contributed by atoms with Crippen molar-refractivity contribution in [3.8, 4) is 0 Å². The summed E-state index contributed by atoms with van der Waals surface area (Å²) in [7, 11) is 1.92. The van der Waals surface area contributed by atoms with Crippen molar-refractivity contribution in [2.45, 2.75) is 33.1 Å². The van der Waals surface area contributed by atoms with Crippen molar-refractivity contribution >= 4 is 0 Å². The van der Waals surface area contributed by atoms with Crippen molar-refractivity contribution in [2.24, 2.45) is 5.92 Å². The van der Waals surface area contributed by atoms with Gasteiger partial charge in [0.05, 0.1) is 0 Å². The van der Waals surface area contributed by atoms with Crippen LogP contribution in [0.4, 0.5) is 0 Å². The van der Waals surface area contributed by atoms with Crippen LogP contribution in [0, 0.1) is 5.92 Å². The molecule has 1 unspecified atom stereocenters. The summed E-state index contributed by atoms with van der Waals surface area (Å²) in [5.74, 6) is 1.09. The molecule has 0 aliphatic rings. The summed E-state index contributed by atoms with van der Waals surface area (Å²) in [5.41, 5.74) is 3.81. The zero-order chi connectivity index (χ0) is 12.1. The fourth-order valence-electron chi connectivity index (χ4n) is 1.83. The minimum absolute atomic E-state index is 0.373. The summed E-state index contributed by atoms with van der Waals surface area (Å²) >= 11 is 0. The Balaban J connectivity index is 2.74. The molecule has 0 aliphatic heterocycles. The average Bonchev–Trinajstić information content (AvgIpc) is 2.27. The quantitative estimate of drug-likeness (QED) is 0.792. The number of likely N-dealkylation sites (N-methyl/N-ethyl adjacent to an activating group) is 1. The van der Waals surface area contributed by atoms with E-state index in [2.05, 4.69) is 56.9 Å². The molecule has 1 N–H and O–H groups in total. The van der Waals surface area contributed by atoms with Gasteiger partial charge in [-0.1, -0.05) is 51.6 Å². The van der Waals surface area contributed by atoms with Crippen molar-refractivity contribution < 1.29 is 0 Å². The summed E-state index contributed by atoms with van der Waals surface area (Å²) in [6, 6.07) is 8.89. The first kappa shape index (κ1) is 12.8. The molecule has 0 saturated heterocycles. The van der Waals surface area contributed by atoms with Gasteiger partial charge in [-0.05, 0) is 23.5 Å². The van der Waals surface area contributed by atoms with Crippen LogP contribution in [0.15, 0.2) is 36.5 Å². The fourth-order valence-corrected chi connectivity index (χ4v) is 1.83. The second-order valence-electron chi connectivity index (χ2n) is 4.84. The summed E-state index contributed by atoms with van der Waals surface area (Å²) < 4.78 is 0. The first-order valence-electron chi connectivity index (χ1n) is 6.00. The zero-order valence-electron chi connectivity index (χ0n) is 10.9. The van der Waals surface area contributed by atoms with Crippen molar-refractivity contribution in [3.05, 3.63) is 47.7 Å². The van der Waals surface area contributed by atoms with Gasteiger partial charge >= 0.3 is 0 Å². The Bertz CT molecular complexity index is 335. The first-order valence-corrected chi connectivity index (χ1v) is 6.00. The average molecular weight is 217 g/mol. The monoisotopic (exact) mass is 217 g/mol. The van der Waals surface area contributed by atoms with E-state index >= 15 is 0 Å². The van der Waals surface area contributed by atoms with Gasteiger partial charge in [-0.3, -0.25) is 0 Å². The Kier molecular flexibility index (Phi) is 4.60. The molecule has 0 spiro atoms. The maximum atomic E-state index is 4.01.